The minimum atomic E-state index is 0.425. The number of piperazine rings is 1. The van der Waals surface area contributed by atoms with Gasteiger partial charge in [-0.05, 0) is 38.3 Å². The molecule has 0 saturated carbocycles. The SMILES string of the molecule is C[C@@H]1CN(C[C@@H]2CCCCO2)CCN1c1ccc2nncn2n1. The Morgan fingerprint density at radius 1 is 1.26 bits per heavy atom. The number of anilines is 1. The number of hydrogen-bond donors (Lipinski definition) is 0. The fourth-order valence-corrected chi connectivity index (χ4v) is 3.65. The molecule has 2 aliphatic rings. The van der Waals surface area contributed by atoms with Crippen LogP contribution >= 0.6 is 0 Å². The number of aromatic nitrogens is 4. The Kier molecular flexibility index (Phi) is 4.13. The lowest BCUT2D eigenvalue weighted by atomic mass is 10.1. The molecule has 2 aromatic rings. The molecule has 2 aliphatic heterocycles. The first-order chi connectivity index (χ1) is 11.3. The van der Waals surface area contributed by atoms with Gasteiger partial charge in [0.2, 0.25) is 0 Å². The van der Waals surface area contributed by atoms with E-state index in [0.717, 1.165) is 44.3 Å². The Hall–Kier alpha value is -1.73. The second kappa shape index (κ2) is 6.41. The number of ether oxygens (including phenoxy) is 1. The fourth-order valence-electron chi connectivity index (χ4n) is 3.65. The van der Waals surface area contributed by atoms with Gasteiger partial charge < -0.3 is 9.64 Å². The third-order valence-electron chi connectivity index (χ3n) is 4.89. The molecule has 0 amide bonds. The highest BCUT2D eigenvalue weighted by Crippen LogP contribution is 2.20. The van der Waals surface area contributed by atoms with E-state index in [1.165, 1.54) is 19.3 Å². The molecule has 2 saturated heterocycles. The summed E-state index contributed by atoms with van der Waals surface area (Å²) in [6, 6.07) is 4.46. The van der Waals surface area contributed by atoms with Crippen molar-refractivity contribution in [3.8, 4) is 0 Å². The van der Waals surface area contributed by atoms with Gasteiger partial charge in [-0.2, -0.15) is 4.52 Å². The number of nitrogens with zero attached hydrogens (tertiary/aromatic N) is 6. The van der Waals surface area contributed by atoms with Gasteiger partial charge in [0.1, 0.15) is 12.1 Å². The van der Waals surface area contributed by atoms with Gasteiger partial charge in [0.05, 0.1) is 6.10 Å². The summed E-state index contributed by atoms with van der Waals surface area (Å²) in [6.45, 7) is 7.38. The van der Waals surface area contributed by atoms with E-state index in [1.54, 1.807) is 10.8 Å². The van der Waals surface area contributed by atoms with Crippen molar-refractivity contribution in [1.29, 1.82) is 0 Å². The highest BCUT2D eigenvalue weighted by molar-refractivity contribution is 5.46. The van der Waals surface area contributed by atoms with Crippen molar-refractivity contribution in [2.75, 3.05) is 37.7 Å². The first-order valence-corrected chi connectivity index (χ1v) is 8.57. The first kappa shape index (κ1) is 14.8. The Labute approximate surface area is 136 Å². The molecule has 0 aliphatic carbocycles. The van der Waals surface area contributed by atoms with Gasteiger partial charge in [-0.25, -0.2) is 0 Å². The predicted octanol–water partition coefficient (Wildman–Crippen LogP) is 1.20. The van der Waals surface area contributed by atoms with Crippen molar-refractivity contribution in [3.05, 3.63) is 18.5 Å². The molecular formula is C16H24N6O. The average molecular weight is 316 g/mol. The van der Waals surface area contributed by atoms with Crippen LogP contribution in [0.3, 0.4) is 0 Å². The molecule has 4 rings (SSSR count). The van der Waals surface area contributed by atoms with Crippen molar-refractivity contribution in [3.63, 3.8) is 0 Å². The maximum absolute atomic E-state index is 5.88. The van der Waals surface area contributed by atoms with E-state index in [4.69, 9.17) is 4.74 Å². The smallest absolute Gasteiger partial charge is 0.177 e. The molecular weight excluding hydrogens is 292 g/mol. The van der Waals surface area contributed by atoms with Crippen molar-refractivity contribution < 1.29 is 4.74 Å². The Morgan fingerprint density at radius 3 is 3.04 bits per heavy atom. The number of rotatable bonds is 3. The van der Waals surface area contributed by atoms with Crippen LogP contribution < -0.4 is 4.90 Å². The molecule has 0 unspecified atom stereocenters. The van der Waals surface area contributed by atoms with Crippen molar-refractivity contribution in [2.24, 2.45) is 0 Å². The lowest BCUT2D eigenvalue weighted by Crippen LogP contribution is -2.54. The Balaban J connectivity index is 1.40. The summed E-state index contributed by atoms with van der Waals surface area (Å²) in [5.41, 5.74) is 0.787. The molecule has 2 aromatic heterocycles. The van der Waals surface area contributed by atoms with Crippen LogP contribution in [-0.2, 0) is 4.74 Å². The zero-order valence-corrected chi connectivity index (χ0v) is 13.6. The van der Waals surface area contributed by atoms with Crippen LogP contribution in [0.4, 0.5) is 5.82 Å². The summed E-state index contributed by atoms with van der Waals surface area (Å²) in [6.07, 6.45) is 5.82. The van der Waals surface area contributed by atoms with E-state index in [1.807, 2.05) is 12.1 Å². The van der Waals surface area contributed by atoms with Gasteiger partial charge in [-0.3, -0.25) is 4.90 Å². The van der Waals surface area contributed by atoms with Gasteiger partial charge in [-0.1, -0.05) is 0 Å². The molecule has 4 heterocycles. The Bertz CT molecular complexity index is 653. The molecule has 2 fully saturated rings. The first-order valence-electron chi connectivity index (χ1n) is 8.57. The summed E-state index contributed by atoms with van der Waals surface area (Å²) in [4.78, 5) is 4.91. The van der Waals surface area contributed by atoms with Gasteiger partial charge in [0.15, 0.2) is 5.65 Å². The monoisotopic (exact) mass is 316 g/mol. The summed E-state index contributed by atoms with van der Waals surface area (Å²) < 4.78 is 7.62. The van der Waals surface area contributed by atoms with E-state index in [2.05, 4.69) is 32.0 Å². The quantitative estimate of drug-likeness (QED) is 0.848. The highest BCUT2D eigenvalue weighted by Gasteiger charge is 2.27. The van der Waals surface area contributed by atoms with Gasteiger partial charge in [-0.15, -0.1) is 15.3 Å². The normalized spacial score (nSPS) is 26.7. The maximum atomic E-state index is 5.88. The van der Waals surface area contributed by atoms with Gasteiger partial charge >= 0.3 is 0 Å². The summed E-state index contributed by atoms with van der Waals surface area (Å²) in [5, 5.41) is 12.5. The van der Waals surface area contributed by atoms with Crippen molar-refractivity contribution in [2.45, 2.75) is 38.3 Å². The second-order valence-electron chi connectivity index (χ2n) is 6.62. The fraction of sp³-hybridized carbons (Fsp3) is 0.688. The number of hydrogen-bond acceptors (Lipinski definition) is 6. The predicted molar refractivity (Wildman–Crippen MR) is 87.6 cm³/mol. The lowest BCUT2D eigenvalue weighted by Gasteiger charge is -2.41. The lowest BCUT2D eigenvalue weighted by molar-refractivity contribution is -0.00826. The van der Waals surface area contributed by atoms with Crippen LogP contribution in [0.15, 0.2) is 18.5 Å². The minimum absolute atomic E-state index is 0.425. The van der Waals surface area contributed by atoms with Crippen LogP contribution in [0.1, 0.15) is 26.2 Å². The van der Waals surface area contributed by atoms with Gasteiger partial charge in [0, 0.05) is 38.8 Å². The average Bonchev–Trinajstić information content (AvgIpc) is 3.03. The molecule has 124 valence electrons. The highest BCUT2D eigenvalue weighted by atomic mass is 16.5. The number of fused-ring (bicyclic) bond motifs is 1. The van der Waals surface area contributed by atoms with E-state index < -0.39 is 0 Å². The molecule has 7 nitrogen and oxygen atoms in total. The topological polar surface area (TPSA) is 58.8 Å². The summed E-state index contributed by atoms with van der Waals surface area (Å²) in [7, 11) is 0. The molecule has 23 heavy (non-hydrogen) atoms. The molecule has 0 N–H and O–H groups in total. The molecule has 0 aromatic carbocycles. The van der Waals surface area contributed by atoms with Crippen LogP contribution in [0.5, 0.6) is 0 Å². The zero-order valence-electron chi connectivity index (χ0n) is 13.6. The maximum Gasteiger partial charge on any atom is 0.177 e. The summed E-state index contributed by atoms with van der Waals surface area (Å²) >= 11 is 0. The molecule has 0 radical (unpaired) electrons. The van der Waals surface area contributed by atoms with E-state index >= 15 is 0 Å². The summed E-state index contributed by atoms with van der Waals surface area (Å²) in [5.74, 6) is 0.998. The zero-order chi connectivity index (χ0) is 15.6. The molecule has 7 heteroatoms. The van der Waals surface area contributed by atoms with Crippen LogP contribution in [0, 0.1) is 0 Å². The standard InChI is InChI=1S/C16H24N6O/c1-13-10-20(11-14-4-2-3-9-23-14)7-8-21(13)16-6-5-15-18-17-12-22(15)19-16/h5-6,12-14H,2-4,7-11H2,1H3/t13-,14+/m1/s1. The third-order valence-corrected chi connectivity index (χ3v) is 4.89. The van der Waals surface area contributed by atoms with Crippen LogP contribution in [0.25, 0.3) is 5.65 Å². The van der Waals surface area contributed by atoms with Crippen LogP contribution in [0.2, 0.25) is 0 Å². The van der Waals surface area contributed by atoms with Crippen molar-refractivity contribution in [1.82, 2.24) is 24.7 Å². The van der Waals surface area contributed by atoms with E-state index in [9.17, 15) is 0 Å². The second-order valence-corrected chi connectivity index (χ2v) is 6.62. The van der Waals surface area contributed by atoms with E-state index in [0.29, 0.717) is 12.1 Å². The van der Waals surface area contributed by atoms with E-state index in [-0.39, 0.29) is 0 Å². The largest absolute Gasteiger partial charge is 0.377 e. The Morgan fingerprint density at radius 2 is 2.22 bits per heavy atom. The van der Waals surface area contributed by atoms with Gasteiger partial charge in [0.25, 0.3) is 0 Å². The van der Waals surface area contributed by atoms with Crippen LogP contribution in [-0.4, -0.2) is 69.6 Å². The van der Waals surface area contributed by atoms with Crippen molar-refractivity contribution >= 4 is 11.5 Å². The molecule has 0 bridgehead atoms. The minimum Gasteiger partial charge on any atom is -0.377 e. The molecule has 2 atom stereocenters. The third kappa shape index (κ3) is 3.16. The molecule has 0 spiro atoms.